The van der Waals surface area contributed by atoms with Crippen LogP contribution in [0.25, 0.3) is 0 Å². The molecule has 1 unspecified atom stereocenters. The van der Waals surface area contributed by atoms with Crippen LogP contribution in [0.5, 0.6) is 0 Å². The lowest BCUT2D eigenvalue weighted by atomic mass is 10.1. The molecule has 0 fully saturated rings. The summed E-state index contributed by atoms with van der Waals surface area (Å²) in [5.74, 6) is 0. The molecule has 0 amide bonds. The fourth-order valence-electron chi connectivity index (χ4n) is 1.58. The van der Waals surface area contributed by atoms with Gasteiger partial charge in [-0.1, -0.05) is 36.8 Å². The first-order valence-electron chi connectivity index (χ1n) is 5.61. The Labute approximate surface area is 92.4 Å². The van der Waals surface area contributed by atoms with Gasteiger partial charge in [-0.05, 0) is 25.3 Å². The van der Waals surface area contributed by atoms with Gasteiger partial charge in [-0.25, -0.2) is 0 Å². The van der Waals surface area contributed by atoms with Crippen LogP contribution in [0.15, 0.2) is 24.3 Å². The third kappa shape index (κ3) is 4.96. The summed E-state index contributed by atoms with van der Waals surface area (Å²) in [6, 6.07) is 8.58. The predicted octanol–water partition coefficient (Wildman–Crippen LogP) is 2.29. The van der Waals surface area contributed by atoms with Crippen molar-refractivity contribution in [3.63, 3.8) is 0 Å². The minimum absolute atomic E-state index is 0.110. The summed E-state index contributed by atoms with van der Waals surface area (Å²) in [6.45, 7) is 5.66. The maximum atomic E-state index is 5.97. The van der Waals surface area contributed by atoms with Gasteiger partial charge < -0.3 is 10.5 Å². The van der Waals surface area contributed by atoms with E-state index < -0.39 is 0 Å². The van der Waals surface area contributed by atoms with E-state index in [0.29, 0.717) is 6.61 Å². The first-order valence-corrected chi connectivity index (χ1v) is 5.61. The maximum Gasteiger partial charge on any atom is 0.0620 e. The molecule has 2 nitrogen and oxygen atoms in total. The first kappa shape index (κ1) is 12.2. The number of nitrogens with two attached hydrogens (primary N) is 1. The van der Waals surface area contributed by atoms with Crippen LogP contribution in [-0.4, -0.2) is 19.3 Å². The van der Waals surface area contributed by atoms with Crippen molar-refractivity contribution in [2.75, 3.05) is 13.2 Å². The van der Waals surface area contributed by atoms with Crippen LogP contribution < -0.4 is 5.73 Å². The van der Waals surface area contributed by atoms with E-state index in [0.717, 1.165) is 19.4 Å². The molecule has 0 spiro atoms. The summed E-state index contributed by atoms with van der Waals surface area (Å²) in [6.07, 6.45) is 1.95. The van der Waals surface area contributed by atoms with Crippen LogP contribution in [0.3, 0.4) is 0 Å². The Morgan fingerprint density at radius 1 is 1.40 bits per heavy atom. The van der Waals surface area contributed by atoms with Crippen molar-refractivity contribution >= 4 is 0 Å². The number of rotatable bonds is 6. The Balaban J connectivity index is 2.34. The number of ether oxygens (including phenoxy) is 1. The summed E-state index contributed by atoms with van der Waals surface area (Å²) >= 11 is 0. The molecule has 0 saturated carbocycles. The summed E-state index contributed by atoms with van der Waals surface area (Å²) in [5, 5.41) is 0. The number of hydrogen-bond donors (Lipinski definition) is 1. The average molecular weight is 207 g/mol. The molecular formula is C13H21NO. The molecule has 1 atom stereocenters. The van der Waals surface area contributed by atoms with Crippen molar-refractivity contribution in [3.8, 4) is 0 Å². The van der Waals surface area contributed by atoms with Crippen molar-refractivity contribution < 1.29 is 4.74 Å². The molecule has 2 heteroatoms. The number of aryl methyl sites for hydroxylation is 1. The Hall–Kier alpha value is -0.860. The maximum absolute atomic E-state index is 5.97. The Morgan fingerprint density at radius 3 is 2.87 bits per heavy atom. The highest BCUT2D eigenvalue weighted by Gasteiger charge is 2.03. The Morgan fingerprint density at radius 2 is 2.20 bits per heavy atom. The zero-order chi connectivity index (χ0) is 11.1. The van der Waals surface area contributed by atoms with E-state index in [1.165, 1.54) is 11.1 Å². The lowest BCUT2D eigenvalue weighted by molar-refractivity contribution is 0.121. The van der Waals surface area contributed by atoms with E-state index in [-0.39, 0.29) is 6.04 Å². The third-order valence-electron chi connectivity index (χ3n) is 2.26. The molecule has 0 saturated heterocycles. The Kier molecular flexibility index (Phi) is 5.37. The summed E-state index contributed by atoms with van der Waals surface area (Å²) in [5.41, 5.74) is 8.55. The molecule has 15 heavy (non-hydrogen) atoms. The molecule has 0 heterocycles. The normalized spacial score (nSPS) is 12.7. The van der Waals surface area contributed by atoms with Crippen molar-refractivity contribution in [2.24, 2.45) is 5.73 Å². The van der Waals surface area contributed by atoms with Crippen molar-refractivity contribution in [1.82, 2.24) is 0 Å². The topological polar surface area (TPSA) is 35.2 Å². The average Bonchev–Trinajstić information content (AvgIpc) is 2.18. The van der Waals surface area contributed by atoms with E-state index >= 15 is 0 Å². The number of hydrogen-bond acceptors (Lipinski definition) is 2. The third-order valence-corrected chi connectivity index (χ3v) is 2.26. The lowest BCUT2D eigenvalue weighted by Crippen LogP contribution is -2.28. The molecule has 2 N–H and O–H groups in total. The summed E-state index contributed by atoms with van der Waals surface area (Å²) < 4.78 is 5.42. The van der Waals surface area contributed by atoms with E-state index in [4.69, 9.17) is 10.5 Å². The van der Waals surface area contributed by atoms with Gasteiger partial charge in [0, 0.05) is 12.6 Å². The number of benzene rings is 1. The molecular weight excluding hydrogens is 186 g/mol. The van der Waals surface area contributed by atoms with Crippen molar-refractivity contribution in [2.45, 2.75) is 32.7 Å². The van der Waals surface area contributed by atoms with Gasteiger partial charge in [-0.15, -0.1) is 0 Å². The highest BCUT2D eigenvalue weighted by atomic mass is 16.5. The molecule has 0 aliphatic heterocycles. The molecule has 0 bridgehead atoms. The fourth-order valence-corrected chi connectivity index (χ4v) is 1.58. The molecule has 1 aromatic rings. The SMILES string of the molecule is CCCOCC(N)Cc1cccc(C)c1. The molecule has 84 valence electrons. The molecule has 1 rings (SSSR count). The van der Waals surface area contributed by atoms with Gasteiger partial charge in [-0.2, -0.15) is 0 Å². The van der Waals surface area contributed by atoms with Crippen LogP contribution in [0.2, 0.25) is 0 Å². The molecule has 0 aromatic heterocycles. The smallest absolute Gasteiger partial charge is 0.0620 e. The minimum atomic E-state index is 0.110. The lowest BCUT2D eigenvalue weighted by Gasteiger charge is -2.12. The zero-order valence-electron chi connectivity index (χ0n) is 9.70. The quantitative estimate of drug-likeness (QED) is 0.726. The van der Waals surface area contributed by atoms with Gasteiger partial charge in [0.25, 0.3) is 0 Å². The van der Waals surface area contributed by atoms with Crippen molar-refractivity contribution in [3.05, 3.63) is 35.4 Å². The zero-order valence-corrected chi connectivity index (χ0v) is 9.70. The predicted molar refractivity (Wildman–Crippen MR) is 64.0 cm³/mol. The van der Waals surface area contributed by atoms with Crippen LogP contribution >= 0.6 is 0 Å². The first-order chi connectivity index (χ1) is 7.22. The second-order valence-electron chi connectivity index (χ2n) is 4.03. The minimum Gasteiger partial charge on any atom is -0.380 e. The van der Waals surface area contributed by atoms with Crippen molar-refractivity contribution in [1.29, 1.82) is 0 Å². The van der Waals surface area contributed by atoms with E-state index in [1.807, 2.05) is 0 Å². The standard InChI is InChI=1S/C13H21NO/c1-3-7-15-10-13(14)9-12-6-4-5-11(2)8-12/h4-6,8,13H,3,7,9-10,14H2,1-2H3. The molecule has 0 aliphatic carbocycles. The second kappa shape index (κ2) is 6.59. The van der Waals surface area contributed by atoms with Crippen LogP contribution in [0.1, 0.15) is 24.5 Å². The molecule has 1 aromatic carbocycles. The van der Waals surface area contributed by atoms with Gasteiger partial charge in [0.15, 0.2) is 0 Å². The van der Waals surface area contributed by atoms with Crippen LogP contribution in [-0.2, 0) is 11.2 Å². The Bertz CT molecular complexity index is 286. The van der Waals surface area contributed by atoms with Gasteiger partial charge in [0.2, 0.25) is 0 Å². The summed E-state index contributed by atoms with van der Waals surface area (Å²) in [4.78, 5) is 0. The molecule has 0 aliphatic rings. The second-order valence-corrected chi connectivity index (χ2v) is 4.03. The highest BCUT2D eigenvalue weighted by Crippen LogP contribution is 2.06. The fraction of sp³-hybridized carbons (Fsp3) is 0.538. The molecule has 0 radical (unpaired) electrons. The van der Waals surface area contributed by atoms with Crippen LogP contribution in [0.4, 0.5) is 0 Å². The summed E-state index contributed by atoms with van der Waals surface area (Å²) in [7, 11) is 0. The monoisotopic (exact) mass is 207 g/mol. The highest BCUT2D eigenvalue weighted by molar-refractivity contribution is 5.22. The van der Waals surface area contributed by atoms with E-state index in [2.05, 4.69) is 38.1 Å². The largest absolute Gasteiger partial charge is 0.380 e. The van der Waals surface area contributed by atoms with Crippen LogP contribution in [0, 0.1) is 6.92 Å². The van der Waals surface area contributed by atoms with E-state index in [1.54, 1.807) is 0 Å². The van der Waals surface area contributed by atoms with Gasteiger partial charge in [0.05, 0.1) is 6.61 Å². The van der Waals surface area contributed by atoms with E-state index in [9.17, 15) is 0 Å². The van der Waals surface area contributed by atoms with Gasteiger partial charge >= 0.3 is 0 Å². The van der Waals surface area contributed by atoms with Gasteiger partial charge in [-0.3, -0.25) is 0 Å². The van der Waals surface area contributed by atoms with Gasteiger partial charge in [0.1, 0.15) is 0 Å².